The van der Waals surface area contributed by atoms with Crippen LogP contribution in [0.15, 0.2) is 59.3 Å². The summed E-state index contributed by atoms with van der Waals surface area (Å²) in [4.78, 5) is 32.9. The Morgan fingerprint density at radius 3 is 2.72 bits per heavy atom. The zero-order chi connectivity index (χ0) is 17.2. The maximum atomic E-state index is 12.4. The van der Waals surface area contributed by atoms with E-state index in [1.54, 1.807) is 12.1 Å². The highest BCUT2D eigenvalue weighted by Gasteiger charge is 2.28. The van der Waals surface area contributed by atoms with Crippen molar-refractivity contribution in [2.45, 2.75) is 18.8 Å². The van der Waals surface area contributed by atoms with Crippen LogP contribution in [0, 0.1) is 0 Å². The van der Waals surface area contributed by atoms with Crippen LogP contribution in [0.25, 0.3) is 0 Å². The summed E-state index contributed by atoms with van der Waals surface area (Å²) in [6, 6.07) is 13.1. The third-order valence-electron chi connectivity index (χ3n) is 4.28. The molecule has 0 bridgehead atoms. The first-order chi connectivity index (χ1) is 12.2. The van der Waals surface area contributed by atoms with Crippen LogP contribution in [0.2, 0.25) is 0 Å². The van der Waals surface area contributed by atoms with E-state index in [0.717, 1.165) is 5.56 Å². The molecule has 0 radical (unpaired) electrons. The largest absolute Gasteiger partial charge is 0.459 e. The number of hydrogen-bond acceptors (Lipinski definition) is 5. The lowest BCUT2D eigenvalue weighted by Gasteiger charge is -2.23. The minimum Gasteiger partial charge on any atom is -0.459 e. The fourth-order valence-electron chi connectivity index (χ4n) is 3.04. The predicted molar refractivity (Wildman–Crippen MR) is 90.5 cm³/mol. The van der Waals surface area contributed by atoms with Crippen molar-refractivity contribution < 1.29 is 14.0 Å². The summed E-state index contributed by atoms with van der Waals surface area (Å²) >= 11 is 0. The lowest BCUT2D eigenvalue weighted by Crippen LogP contribution is -2.22. The summed E-state index contributed by atoms with van der Waals surface area (Å²) in [5, 5.41) is 2.60. The van der Waals surface area contributed by atoms with E-state index < -0.39 is 5.91 Å². The third kappa shape index (κ3) is 3.06. The Bertz CT molecular complexity index is 920. The molecule has 2 heterocycles. The minimum absolute atomic E-state index is 0.0269. The molecule has 1 aliphatic carbocycles. The lowest BCUT2D eigenvalue weighted by atomic mass is 9.82. The molecule has 1 N–H and O–H groups in total. The lowest BCUT2D eigenvalue weighted by molar-refractivity contribution is 0.0962. The van der Waals surface area contributed by atoms with E-state index in [2.05, 4.69) is 15.3 Å². The number of nitrogens with zero attached hydrogens (tertiary/aromatic N) is 2. The topological polar surface area (TPSA) is 85.1 Å². The molecule has 6 heteroatoms. The maximum absolute atomic E-state index is 12.4. The van der Waals surface area contributed by atoms with Crippen LogP contribution in [0.4, 0.5) is 5.95 Å². The first-order valence-electron chi connectivity index (χ1n) is 7.99. The van der Waals surface area contributed by atoms with E-state index in [1.165, 1.54) is 12.5 Å². The molecule has 3 aromatic rings. The Morgan fingerprint density at radius 1 is 1.12 bits per heavy atom. The maximum Gasteiger partial charge on any atom is 0.293 e. The Morgan fingerprint density at radius 2 is 1.96 bits per heavy atom. The molecule has 124 valence electrons. The summed E-state index contributed by atoms with van der Waals surface area (Å²) in [5.74, 6) is 0.0386. The van der Waals surface area contributed by atoms with Gasteiger partial charge in [0.2, 0.25) is 5.95 Å². The van der Waals surface area contributed by atoms with Crippen molar-refractivity contribution in [2.24, 2.45) is 0 Å². The van der Waals surface area contributed by atoms with Gasteiger partial charge in [0.05, 0.1) is 17.5 Å². The molecule has 0 saturated heterocycles. The molecule has 0 fully saturated rings. The minimum atomic E-state index is -0.424. The fourth-order valence-corrected chi connectivity index (χ4v) is 3.04. The van der Waals surface area contributed by atoms with Crippen molar-refractivity contribution in [3.8, 4) is 0 Å². The molecule has 25 heavy (non-hydrogen) atoms. The van der Waals surface area contributed by atoms with Gasteiger partial charge in [-0.2, -0.15) is 0 Å². The van der Waals surface area contributed by atoms with Crippen LogP contribution >= 0.6 is 0 Å². The molecule has 1 aromatic carbocycles. The van der Waals surface area contributed by atoms with Crippen LogP contribution in [-0.4, -0.2) is 21.7 Å². The quantitative estimate of drug-likeness (QED) is 0.795. The number of nitrogens with one attached hydrogen (secondary N) is 1. The molecule has 1 atom stereocenters. The number of amides is 1. The molecular formula is C19H15N3O3. The molecule has 2 aromatic heterocycles. The Kier molecular flexibility index (Phi) is 3.85. The smallest absolute Gasteiger partial charge is 0.293 e. The van der Waals surface area contributed by atoms with Gasteiger partial charge in [0.25, 0.3) is 5.91 Å². The van der Waals surface area contributed by atoms with Crippen molar-refractivity contribution in [1.29, 1.82) is 0 Å². The number of ketones is 1. The second-order valence-electron chi connectivity index (χ2n) is 5.92. The van der Waals surface area contributed by atoms with E-state index in [4.69, 9.17) is 4.42 Å². The molecule has 1 aliphatic rings. The van der Waals surface area contributed by atoms with Gasteiger partial charge < -0.3 is 4.42 Å². The van der Waals surface area contributed by atoms with Crippen LogP contribution in [0.3, 0.4) is 0 Å². The van der Waals surface area contributed by atoms with Crippen molar-refractivity contribution in [2.75, 3.05) is 5.32 Å². The number of Topliss-reactive ketones (excluding diaryl/α,β-unsaturated/α-hetero) is 1. The third-order valence-corrected chi connectivity index (χ3v) is 4.28. The molecule has 4 rings (SSSR count). The number of rotatable bonds is 3. The fraction of sp³-hybridized carbons (Fsp3) is 0.158. The number of aromatic nitrogens is 2. The summed E-state index contributed by atoms with van der Waals surface area (Å²) in [6.07, 6.45) is 3.99. The highest BCUT2D eigenvalue weighted by molar-refractivity contribution is 6.02. The van der Waals surface area contributed by atoms with Crippen LogP contribution in [0.5, 0.6) is 0 Å². The number of carbonyl (C=O) groups excluding carboxylic acids is 2. The van der Waals surface area contributed by atoms with E-state index in [9.17, 15) is 9.59 Å². The van der Waals surface area contributed by atoms with Gasteiger partial charge in [-0.3, -0.25) is 14.9 Å². The Labute approximate surface area is 143 Å². The first-order valence-corrected chi connectivity index (χ1v) is 7.99. The normalized spacial score (nSPS) is 16.3. The van der Waals surface area contributed by atoms with Crippen molar-refractivity contribution in [3.63, 3.8) is 0 Å². The molecule has 0 saturated carbocycles. The average molecular weight is 333 g/mol. The van der Waals surface area contributed by atoms with Crippen LogP contribution < -0.4 is 5.32 Å². The Balaban J connectivity index is 1.59. The first kappa shape index (κ1) is 15.3. The van der Waals surface area contributed by atoms with E-state index in [-0.39, 0.29) is 23.4 Å². The second kappa shape index (κ2) is 6.32. The van der Waals surface area contributed by atoms with Gasteiger partial charge in [-0.15, -0.1) is 0 Å². The second-order valence-corrected chi connectivity index (χ2v) is 5.92. The van der Waals surface area contributed by atoms with Gasteiger partial charge in [0.1, 0.15) is 0 Å². The number of anilines is 1. The van der Waals surface area contributed by atoms with Crippen molar-refractivity contribution in [1.82, 2.24) is 9.97 Å². The average Bonchev–Trinajstić information content (AvgIpc) is 3.17. The molecule has 1 amide bonds. The van der Waals surface area contributed by atoms with E-state index in [0.29, 0.717) is 24.1 Å². The molecular weight excluding hydrogens is 318 g/mol. The van der Waals surface area contributed by atoms with E-state index in [1.807, 2.05) is 30.3 Å². The molecule has 6 nitrogen and oxygen atoms in total. The summed E-state index contributed by atoms with van der Waals surface area (Å²) in [6.45, 7) is 0. The zero-order valence-corrected chi connectivity index (χ0v) is 13.3. The number of hydrogen-bond donors (Lipinski definition) is 1. The summed E-state index contributed by atoms with van der Waals surface area (Å²) < 4.78 is 5.05. The number of fused-ring (bicyclic) bond motifs is 1. The standard InChI is InChI=1S/C19H15N3O3/c23-16-10-13(12-5-2-1-3-6-12)9-15-14(16)11-20-19(21-15)22-18(24)17-7-4-8-25-17/h1-8,11,13H,9-10H2,(H,20,21,22,24)/t13-/m1/s1. The summed E-state index contributed by atoms with van der Waals surface area (Å²) in [5.41, 5.74) is 2.30. The van der Waals surface area contributed by atoms with Crippen LogP contribution in [0.1, 0.15) is 44.5 Å². The van der Waals surface area contributed by atoms with Gasteiger partial charge in [-0.1, -0.05) is 30.3 Å². The number of carbonyl (C=O) groups is 2. The molecule has 0 aliphatic heterocycles. The van der Waals surface area contributed by atoms with Gasteiger partial charge >= 0.3 is 0 Å². The van der Waals surface area contributed by atoms with Gasteiger partial charge in [0.15, 0.2) is 11.5 Å². The van der Waals surface area contributed by atoms with E-state index >= 15 is 0 Å². The Hall–Kier alpha value is -3.28. The SMILES string of the molecule is O=C(Nc1ncc2c(n1)C[C@@H](c1ccccc1)CC2=O)c1ccco1. The van der Waals surface area contributed by atoms with Crippen molar-refractivity contribution >= 4 is 17.6 Å². The predicted octanol–water partition coefficient (Wildman–Crippen LogP) is 3.23. The van der Waals surface area contributed by atoms with Crippen LogP contribution in [-0.2, 0) is 6.42 Å². The molecule has 0 spiro atoms. The monoisotopic (exact) mass is 333 g/mol. The van der Waals surface area contributed by atoms with Gasteiger partial charge in [-0.05, 0) is 30.0 Å². The van der Waals surface area contributed by atoms with Gasteiger partial charge in [-0.25, -0.2) is 9.97 Å². The highest BCUT2D eigenvalue weighted by atomic mass is 16.3. The van der Waals surface area contributed by atoms with Crippen molar-refractivity contribution in [3.05, 3.63) is 77.5 Å². The highest BCUT2D eigenvalue weighted by Crippen LogP contribution is 2.31. The van der Waals surface area contributed by atoms with Gasteiger partial charge in [0, 0.05) is 12.6 Å². The number of benzene rings is 1. The number of furan rings is 1. The molecule has 0 unspecified atom stereocenters. The zero-order valence-electron chi connectivity index (χ0n) is 13.3. The summed E-state index contributed by atoms with van der Waals surface area (Å²) in [7, 11) is 0.